The van der Waals surface area contributed by atoms with Crippen LogP contribution in [0.3, 0.4) is 0 Å². The zero-order valence-electron chi connectivity index (χ0n) is 14.6. The Balaban J connectivity index is 1.78. The Kier molecular flexibility index (Phi) is 3.37. The second kappa shape index (κ2) is 5.44. The molecule has 2 aliphatic rings. The van der Waals surface area contributed by atoms with Gasteiger partial charge in [0.15, 0.2) is 0 Å². The van der Waals surface area contributed by atoms with Gasteiger partial charge in [-0.3, -0.25) is 0 Å². The first-order chi connectivity index (χ1) is 11.6. The van der Waals surface area contributed by atoms with Crippen molar-refractivity contribution in [3.63, 3.8) is 0 Å². The van der Waals surface area contributed by atoms with Gasteiger partial charge in [0.05, 0.1) is 18.9 Å². The summed E-state index contributed by atoms with van der Waals surface area (Å²) in [7, 11) is 4.24. The lowest BCUT2D eigenvalue weighted by Crippen LogP contribution is -2.46. The quantitative estimate of drug-likeness (QED) is 0.860. The van der Waals surface area contributed by atoms with Crippen LogP contribution in [0.25, 0.3) is 0 Å². The van der Waals surface area contributed by atoms with Crippen LogP contribution in [0, 0.1) is 0 Å². The molecule has 3 heterocycles. The maximum Gasteiger partial charge on any atom is 0.230 e. The number of nitrogens with zero attached hydrogens (tertiary/aromatic N) is 4. The zero-order valence-corrected chi connectivity index (χ0v) is 14.6. The van der Waals surface area contributed by atoms with Crippen LogP contribution in [0.1, 0.15) is 13.8 Å². The first kappa shape index (κ1) is 14.9. The van der Waals surface area contributed by atoms with Gasteiger partial charge in [0.25, 0.3) is 0 Å². The van der Waals surface area contributed by atoms with E-state index in [1.807, 2.05) is 0 Å². The van der Waals surface area contributed by atoms with Gasteiger partial charge in [-0.1, -0.05) is 12.1 Å². The zero-order chi connectivity index (χ0) is 16.8. The van der Waals surface area contributed by atoms with Crippen molar-refractivity contribution < 1.29 is 4.57 Å². The van der Waals surface area contributed by atoms with Crippen molar-refractivity contribution in [3.8, 4) is 0 Å². The van der Waals surface area contributed by atoms with Crippen LogP contribution in [0.5, 0.6) is 0 Å². The number of para-hydroxylation sites is 2. The molecule has 24 heavy (non-hydrogen) atoms. The number of anilines is 4. The highest BCUT2D eigenvalue weighted by molar-refractivity contribution is 5.80. The van der Waals surface area contributed by atoms with Crippen LogP contribution in [0.4, 0.5) is 23.0 Å². The summed E-state index contributed by atoms with van der Waals surface area (Å²) in [5.41, 5.74) is 2.41. The molecule has 124 valence electrons. The van der Waals surface area contributed by atoms with Gasteiger partial charge in [0, 0.05) is 25.4 Å². The van der Waals surface area contributed by atoms with Crippen LogP contribution in [0.15, 0.2) is 54.9 Å². The van der Waals surface area contributed by atoms with Crippen molar-refractivity contribution >= 4 is 23.0 Å². The van der Waals surface area contributed by atoms with Gasteiger partial charge in [-0.2, -0.15) is 0 Å². The molecule has 4 rings (SSSR count). The predicted molar refractivity (Wildman–Crippen MR) is 98.1 cm³/mol. The lowest BCUT2D eigenvalue weighted by molar-refractivity contribution is -0.645. The number of hydrogen-bond acceptors (Lipinski definition) is 4. The van der Waals surface area contributed by atoms with Crippen molar-refractivity contribution in [3.05, 3.63) is 54.9 Å². The minimum atomic E-state index is 0.220. The Morgan fingerprint density at radius 2 is 1.71 bits per heavy atom. The highest BCUT2D eigenvalue weighted by Crippen LogP contribution is 2.38. The predicted octanol–water partition coefficient (Wildman–Crippen LogP) is 2.99. The van der Waals surface area contributed by atoms with Crippen LogP contribution >= 0.6 is 0 Å². The van der Waals surface area contributed by atoms with Gasteiger partial charge in [0.2, 0.25) is 11.6 Å². The lowest BCUT2D eigenvalue weighted by Gasteiger charge is -2.26. The van der Waals surface area contributed by atoms with E-state index in [9.17, 15) is 0 Å². The molecule has 0 fully saturated rings. The summed E-state index contributed by atoms with van der Waals surface area (Å²) in [5.74, 6) is 2.35. The lowest BCUT2D eigenvalue weighted by atomic mass is 10.2. The van der Waals surface area contributed by atoms with Crippen LogP contribution in [-0.2, 0) is 7.05 Å². The van der Waals surface area contributed by atoms with Gasteiger partial charge in [0.1, 0.15) is 18.0 Å². The van der Waals surface area contributed by atoms with Crippen molar-refractivity contribution in [1.29, 1.82) is 0 Å². The standard InChI is InChI=1S/C19H24N5/c1-14-20-16-8-5-6-9-17(16)24(14)19-11-7-10-18(22(19)4)23-13-12-21(3)15(23)2/h5-15,20H,1-4H3/q+1/t14-,15+/m1/s1. The van der Waals surface area contributed by atoms with Crippen molar-refractivity contribution in [2.75, 3.05) is 22.2 Å². The van der Waals surface area contributed by atoms with Crippen molar-refractivity contribution in [2.24, 2.45) is 7.05 Å². The molecule has 5 nitrogen and oxygen atoms in total. The number of fused-ring (bicyclic) bond motifs is 1. The molecule has 2 atom stereocenters. The topological polar surface area (TPSA) is 25.6 Å². The van der Waals surface area contributed by atoms with Crippen LogP contribution < -0.4 is 19.7 Å². The highest BCUT2D eigenvalue weighted by atomic mass is 15.4. The Labute approximate surface area is 143 Å². The first-order valence-corrected chi connectivity index (χ1v) is 8.40. The third kappa shape index (κ3) is 2.12. The number of aromatic nitrogens is 1. The van der Waals surface area contributed by atoms with Gasteiger partial charge in [-0.25, -0.2) is 14.4 Å². The number of benzene rings is 1. The van der Waals surface area contributed by atoms with E-state index in [1.165, 1.54) is 23.0 Å². The molecular weight excluding hydrogens is 298 g/mol. The SMILES string of the molecule is C[C@@H]1Nc2ccccc2N1c1cccc(N2C=CN(C)[C@@H]2C)[n+]1C. The molecule has 0 amide bonds. The molecule has 1 N–H and O–H groups in total. The molecule has 1 aromatic carbocycles. The van der Waals surface area contributed by atoms with Gasteiger partial charge < -0.3 is 10.2 Å². The fraction of sp³-hybridized carbons (Fsp3) is 0.316. The van der Waals surface area contributed by atoms with Gasteiger partial charge >= 0.3 is 0 Å². The maximum atomic E-state index is 3.55. The normalized spacial score (nSPS) is 22.1. The van der Waals surface area contributed by atoms with E-state index in [0.29, 0.717) is 6.17 Å². The average molecular weight is 322 g/mol. The molecule has 2 aliphatic heterocycles. The summed E-state index contributed by atoms with van der Waals surface area (Å²) >= 11 is 0. The van der Waals surface area contributed by atoms with Crippen LogP contribution in [-0.4, -0.2) is 24.3 Å². The minimum Gasteiger partial charge on any atom is -0.350 e. The molecule has 2 aromatic rings. The van der Waals surface area contributed by atoms with E-state index >= 15 is 0 Å². The second-order valence-electron chi connectivity index (χ2n) is 6.51. The average Bonchev–Trinajstić information content (AvgIpc) is 3.08. The molecule has 0 saturated heterocycles. The van der Waals surface area contributed by atoms with E-state index in [1.54, 1.807) is 0 Å². The number of pyridine rings is 1. The summed E-state index contributed by atoms with van der Waals surface area (Å²) in [6.07, 6.45) is 4.79. The van der Waals surface area contributed by atoms with E-state index < -0.39 is 0 Å². The first-order valence-electron chi connectivity index (χ1n) is 8.40. The van der Waals surface area contributed by atoms with Gasteiger partial charge in [-0.05, 0) is 32.0 Å². The minimum absolute atomic E-state index is 0.220. The summed E-state index contributed by atoms with van der Waals surface area (Å²) in [6.45, 7) is 4.40. The Hall–Kier alpha value is -2.69. The fourth-order valence-electron chi connectivity index (χ4n) is 3.58. The van der Waals surface area contributed by atoms with Crippen molar-refractivity contribution in [2.45, 2.75) is 26.2 Å². The third-order valence-corrected chi connectivity index (χ3v) is 5.06. The molecule has 0 saturated carbocycles. The molecule has 0 aliphatic carbocycles. The smallest absolute Gasteiger partial charge is 0.230 e. The monoisotopic (exact) mass is 322 g/mol. The largest absolute Gasteiger partial charge is 0.350 e. The highest BCUT2D eigenvalue weighted by Gasteiger charge is 2.34. The van der Waals surface area contributed by atoms with Gasteiger partial charge in [-0.15, -0.1) is 0 Å². The Bertz CT molecular complexity index is 800. The Morgan fingerprint density at radius 1 is 0.958 bits per heavy atom. The molecule has 0 bridgehead atoms. The molecule has 0 spiro atoms. The van der Waals surface area contributed by atoms with E-state index in [4.69, 9.17) is 0 Å². The summed E-state index contributed by atoms with van der Waals surface area (Å²) in [5, 5.41) is 3.55. The number of nitrogens with one attached hydrogen (secondary N) is 1. The van der Waals surface area contributed by atoms with Crippen molar-refractivity contribution in [1.82, 2.24) is 4.90 Å². The maximum absolute atomic E-state index is 3.55. The summed E-state index contributed by atoms with van der Waals surface area (Å²) in [4.78, 5) is 6.86. The second-order valence-corrected chi connectivity index (χ2v) is 6.51. The number of hydrogen-bond donors (Lipinski definition) is 1. The molecular formula is C19H24N5+. The molecule has 1 aromatic heterocycles. The van der Waals surface area contributed by atoms with E-state index in [-0.39, 0.29) is 6.17 Å². The fourth-order valence-corrected chi connectivity index (χ4v) is 3.58. The van der Waals surface area contributed by atoms with E-state index in [2.05, 4.69) is 107 Å². The molecule has 0 radical (unpaired) electrons. The van der Waals surface area contributed by atoms with E-state index in [0.717, 1.165) is 0 Å². The summed E-state index contributed by atoms with van der Waals surface area (Å²) < 4.78 is 2.26. The summed E-state index contributed by atoms with van der Waals surface area (Å²) in [6, 6.07) is 15.0. The third-order valence-electron chi connectivity index (χ3n) is 5.06. The Morgan fingerprint density at radius 3 is 2.46 bits per heavy atom. The van der Waals surface area contributed by atoms with Crippen LogP contribution in [0.2, 0.25) is 0 Å². The molecule has 0 unspecified atom stereocenters. The number of rotatable bonds is 2. The molecule has 5 heteroatoms.